The molecule has 2 aliphatic heterocycles. The molecule has 246 valence electrons. The Balaban J connectivity index is 1.61. The van der Waals surface area contributed by atoms with Gasteiger partial charge in [-0.3, -0.25) is 4.79 Å². The van der Waals surface area contributed by atoms with Crippen molar-refractivity contribution in [1.82, 2.24) is 4.98 Å². The molecule has 0 bridgehead atoms. The second-order valence-corrected chi connectivity index (χ2v) is 12.7. The van der Waals surface area contributed by atoms with Crippen LogP contribution in [0.4, 0.5) is 13.6 Å². The zero-order valence-corrected chi connectivity index (χ0v) is 26.5. The third-order valence-corrected chi connectivity index (χ3v) is 8.36. The molecule has 0 spiro atoms. The van der Waals surface area contributed by atoms with E-state index in [0.717, 1.165) is 31.5 Å². The van der Waals surface area contributed by atoms with Crippen LogP contribution in [0.2, 0.25) is 5.02 Å². The van der Waals surface area contributed by atoms with E-state index in [1.807, 2.05) is 20.8 Å². The minimum atomic E-state index is -1.46. The average Bonchev–Trinajstić information content (AvgIpc) is 3.39. The van der Waals surface area contributed by atoms with Crippen molar-refractivity contribution in [3.63, 3.8) is 0 Å². The number of rotatable bonds is 10. The molecule has 3 aromatic rings. The Morgan fingerprint density at radius 1 is 1.13 bits per heavy atom. The van der Waals surface area contributed by atoms with Gasteiger partial charge in [-0.1, -0.05) is 62.7 Å². The molecule has 3 atom stereocenters. The number of benzene rings is 2. The standard InChI is InChI=1S/C33H36ClF2N3O7/c1-32(2,3)30(45-31(38)41)33(18-9-5-4-6-10-18)16-19-22(46-33)15-21(35)26(34)24(19)25-20(28(37)40)17-39-29(27(25)36)44-14-13-43-23-11-7-8-12-42-23/h4-6,9-10,15,17,23,30H,7-8,11-14,16H2,1-3H3,(H2,37,40)(H2,38,41). The van der Waals surface area contributed by atoms with Crippen molar-refractivity contribution in [2.45, 2.75) is 64.4 Å². The van der Waals surface area contributed by atoms with Crippen LogP contribution in [0.15, 0.2) is 42.6 Å². The van der Waals surface area contributed by atoms with Gasteiger partial charge in [0.25, 0.3) is 11.8 Å². The van der Waals surface area contributed by atoms with Gasteiger partial charge >= 0.3 is 6.09 Å². The normalized spacial score (nSPS) is 20.0. The van der Waals surface area contributed by atoms with Crippen molar-refractivity contribution in [1.29, 1.82) is 0 Å². The van der Waals surface area contributed by atoms with Crippen LogP contribution in [0.5, 0.6) is 11.6 Å². The molecule has 4 N–H and O–H groups in total. The second kappa shape index (κ2) is 13.4. The van der Waals surface area contributed by atoms with E-state index in [1.54, 1.807) is 30.3 Å². The molecule has 0 saturated carbocycles. The first kappa shape index (κ1) is 33.4. The number of primary amides is 2. The summed E-state index contributed by atoms with van der Waals surface area (Å²) in [6.07, 6.45) is 1.18. The fourth-order valence-corrected chi connectivity index (χ4v) is 6.35. The number of nitrogens with two attached hydrogens (primary N) is 2. The summed E-state index contributed by atoms with van der Waals surface area (Å²) < 4.78 is 61.0. The molecule has 2 amide bonds. The van der Waals surface area contributed by atoms with Crippen LogP contribution >= 0.6 is 11.6 Å². The fourth-order valence-electron chi connectivity index (χ4n) is 6.09. The molecule has 1 fully saturated rings. The smallest absolute Gasteiger partial charge is 0.404 e. The van der Waals surface area contributed by atoms with Gasteiger partial charge in [0.05, 0.1) is 17.2 Å². The quantitative estimate of drug-likeness (QED) is 0.251. The highest BCUT2D eigenvalue weighted by Crippen LogP contribution is 2.54. The van der Waals surface area contributed by atoms with Crippen molar-refractivity contribution >= 4 is 23.6 Å². The Morgan fingerprint density at radius 2 is 1.87 bits per heavy atom. The van der Waals surface area contributed by atoms with E-state index >= 15 is 8.78 Å². The molecule has 3 heterocycles. The number of fused-ring (bicyclic) bond motifs is 1. The van der Waals surface area contributed by atoms with Crippen molar-refractivity contribution in [3.8, 4) is 22.8 Å². The lowest BCUT2D eigenvalue weighted by Crippen LogP contribution is -2.53. The molecule has 13 heteroatoms. The van der Waals surface area contributed by atoms with Gasteiger partial charge in [-0.25, -0.2) is 18.6 Å². The van der Waals surface area contributed by atoms with E-state index < -0.39 is 57.2 Å². The Kier molecular flexibility index (Phi) is 9.71. The summed E-state index contributed by atoms with van der Waals surface area (Å²) in [5.41, 5.74) is 8.82. The van der Waals surface area contributed by atoms with Crippen molar-refractivity contribution in [3.05, 3.63) is 75.9 Å². The van der Waals surface area contributed by atoms with E-state index in [-0.39, 0.29) is 48.4 Å². The first-order valence-electron chi connectivity index (χ1n) is 14.9. The maximum atomic E-state index is 16.4. The number of pyridine rings is 1. The Hall–Kier alpha value is -4.00. The Morgan fingerprint density at radius 3 is 2.50 bits per heavy atom. The number of amides is 2. The molecule has 2 aliphatic rings. The fraction of sp³-hybridized carbons (Fsp3) is 0.424. The highest BCUT2D eigenvalue weighted by atomic mass is 35.5. The van der Waals surface area contributed by atoms with Gasteiger partial charge in [0, 0.05) is 47.4 Å². The van der Waals surface area contributed by atoms with Gasteiger partial charge in [0.2, 0.25) is 0 Å². The van der Waals surface area contributed by atoms with Crippen LogP contribution < -0.4 is 20.9 Å². The molecule has 1 aromatic heterocycles. The number of hydrogen-bond donors (Lipinski definition) is 2. The molecular formula is C33H36ClF2N3O7. The van der Waals surface area contributed by atoms with Crippen molar-refractivity contribution in [2.75, 3.05) is 19.8 Å². The lowest BCUT2D eigenvalue weighted by atomic mass is 9.72. The van der Waals surface area contributed by atoms with Gasteiger partial charge < -0.3 is 35.2 Å². The van der Waals surface area contributed by atoms with Crippen LogP contribution in [0.3, 0.4) is 0 Å². The summed E-state index contributed by atoms with van der Waals surface area (Å²) in [5.74, 6) is -3.54. The molecule has 2 aromatic carbocycles. The van der Waals surface area contributed by atoms with Gasteiger partial charge in [-0.15, -0.1) is 0 Å². The number of hydrogen-bond acceptors (Lipinski definition) is 8. The number of carbonyl (C=O) groups is 2. The lowest BCUT2D eigenvalue weighted by molar-refractivity contribution is -0.165. The monoisotopic (exact) mass is 659 g/mol. The summed E-state index contributed by atoms with van der Waals surface area (Å²) >= 11 is 6.57. The third kappa shape index (κ3) is 6.60. The predicted molar refractivity (Wildman–Crippen MR) is 165 cm³/mol. The Bertz CT molecular complexity index is 1610. The summed E-state index contributed by atoms with van der Waals surface area (Å²) in [6.45, 7) is 6.07. The minimum absolute atomic E-state index is 0.00180. The predicted octanol–water partition coefficient (Wildman–Crippen LogP) is 6.04. The lowest BCUT2D eigenvalue weighted by Gasteiger charge is -2.43. The van der Waals surface area contributed by atoms with Crippen molar-refractivity contribution < 1.29 is 42.1 Å². The SMILES string of the molecule is CC(C)(C)C(OC(N)=O)C1(c2ccccc2)Cc2c(cc(F)c(Cl)c2-c2c(C(N)=O)cnc(OCCOC3CCCCO3)c2F)O1. The van der Waals surface area contributed by atoms with Crippen LogP contribution in [-0.2, 0) is 26.2 Å². The molecule has 46 heavy (non-hydrogen) atoms. The number of nitrogens with zero attached hydrogens (tertiary/aromatic N) is 1. The van der Waals surface area contributed by atoms with E-state index in [2.05, 4.69) is 4.98 Å². The summed E-state index contributed by atoms with van der Waals surface area (Å²) in [5, 5.41) is -0.481. The summed E-state index contributed by atoms with van der Waals surface area (Å²) in [7, 11) is 0. The first-order valence-corrected chi connectivity index (χ1v) is 15.3. The van der Waals surface area contributed by atoms with E-state index in [1.165, 1.54) is 0 Å². The second-order valence-electron chi connectivity index (χ2n) is 12.3. The molecule has 1 saturated heterocycles. The first-order chi connectivity index (χ1) is 21.8. The highest BCUT2D eigenvalue weighted by molar-refractivity contribution is 6.34. The molecular weight excluding hydrogens is 624 g/mol. The van der Waals surface area contributed by atoms with Gasteiger partial charge in [0.1, 0.15) is 18.2 Å². The number of ether oxygens (including phenoxy) is 5. The van der Waals surface area contributed by atoms with E-state index in [4.69, 9.17) is 46.8 Å². The zero-order valence-electron chi connectivity index (χ0n) is 25.7. The topological polar surface area (TPSA) is 145 Å². The third-order valence-electron chi connectivity index (χ3n) is 7.99. The van der Waals surface area contributed by atoms with E-state index in [0.29, 0.717) is 12.2 Å². The molecule has 0 aliphatic carbocycles. The maximum absolute atomic E-state index is 16.4. The average molecular weight is 660 g/mol. The van der Waals surface area contributed by atoms with Crippen molar-refractivity contribution in [2.24, 2.45) is 16.9 Å². The van der Waals surface area contributed by atoms with Crippen LogP contribution in [0.1, 0.15) is 61.5 Å². The highest BCUT2D eigenvalue weighted by Gasteiger charge is 2.55. The molecule has 10 nitrogen and oxygen atoms in total. The largest absolute Gasteiger partial charge is 0.478 e. The number of carbonyl (C=O) groups excluding carboxylic acids is 2. The Labute approximate surface area is 270 Å². The molecule has 0 radical (unpaired) electrons. The van der Waals surface area contributed by atoms with Crippen LogP contribution in [0, 0.1) is 17.0 Å². The number of halogens is 3. The van der Waals surface area contributed by atoms with Crippen LogP contribution in [-0.4, -0.2) is 49.2 Å². The zero-order chi connectivity index (χ0) is 33.2. The maximum Gasteiger partial charge on any atom is 0.404 e. The van der Waals surface area contributed by atoms with Gasteiger partial charge in [-0.05, 0) is 24.8 Å². The number of aromatic nitrogens is 1. The van der Waals surface area contributed by atoms with Gasteiger partial charge in [0.15, 0.2) is 23.8 Å². The van der Waals surface area contributed by atoms with Gasteiger partial charge in [-0.2, -0.15) is 0 Å². The van der Waals surface area contributed by atoms with Crippen LogP contribution in [0.25, 0.3) is 11.1 Å². The molecule has 3 unspecified atom stereocenters. The minimum Gasteiger partial charge on any atom is -0.478 e. The van der Waals surface area contributed by atoms with E-state index in [9.17, 15) is 9.59 Å². The summed E-state index contributed by atoms with van der Waals surface area (Å²) in [6, 6.07) is 9.93. The molecule has 5 rings (SSSR count). The summed E-state index contributed by atoms with van der Waals surface area (Å²) in [4.78, 5) is 28.7.